The molecule has 9 heterocycles. The Morgan fingerprint density at radius 3 is 1.00 bits per heavy atom. The minimum atomic E-state index is -0.499. The summed E-state index contributed by atoms with van der Waals surface area (Å²) in [4.78, 5) is 106. The lowest BCUT2D eigenvalue weighted by atomic mass is 10.0. The minimum Gasteiger partial charge on any atom is -0.444 e. The van der Waals surface area contributed by atoms with Gasteiger partial charge in [0.05, 0.1) is 54.9 Å². The fraction of sp³-hybridized carbons (Fsp3) is 0.308. The second-order valence-corrected chi connectivity index (χ2v) is 26.2. The molecule has 0 atom stereocenters. The molecule has 6 aromatic heterocycles. The number of carbonyl (C=O) groups excluding carboxylic acids is 6. The first-order valence-electron chi connectivity index (χ1n) is 33.7. The van der Waals surface area contributed by atoms with Gasteiger partial charge in [-0.2, -0.15) is 0 Å². The summed E-state index contributed by atoms with van der Waals surface area (Å²) in [6.07, 6.45) is 11.4. The summed E-state index contributed by atoms with van der Waals surface area (Å²) in [5, 5.41) is 11.6. The van der Waals surface area contributed by atoms with E-state index in [4.69, 9.17) is 4.74 Å². The highest BCUT2D eigenvalue weighted by atomic mass is 35.5. The molecule has 23 heteroatoms. The molecule has 5 amide bonds. The number of benzene rings is 3. The molecule has 3 fully saturated rings. The highest BCUT2D eigenvalue weighted by Gasteiger charge is 2.27. The standard InChI is InChI=1S/C28H33N5O3.C25H27N5O2.C23H25N5O.C2H3ClO/c1-20-17-23(11-12-29-20)22-7-5-21(6-8-22)18-26(34)31-25-10-9-24(19-30-25)32-13-15-33(16-14-32)27(35)36-28(2,3)4;1-18-15-22(9-10-26-18)21-5-3-20(4-6-21)16-25(32)28-24-8-7-23(17-27-24)30-13-11-29(12-14-30)19(2)31;1-17-14-20(8-9-25-17)19-4-2-18(3-5-19)15-23(29)27-22-7-6-21(16-26-22)28-12-10-24-11-13-28;1-2(3)4/h5-12,17,19H,13-16,18H2,1-4H3,(H,30,31,34);3-10,15,17H,11-14,16H2,1-2H3,(H,27,28,32);2-9,14,16,24H,10-13,15H2,1H3,(H,26,27,29);1H3. The number of hydrogen-bond donors (Lipinski definition) is 4. The van der Waals surface area contributed by atoms with Gasteiger partial charge in [0.2, 0.25) is 28.9 Å². The molecule has 22 nitrogen and oxygen atoms in total. The van der Waals surface area contributed by atoms with Crippen LogP contribution in [0.4, 0.5) is 39.3 Å². The third kappa shape index (κ3) is 23.9. The van der Waals surface area contributed by atoms with Crippen LogP contribution in [0.2, 0.25) is 0 Å². The highest BCUT2D eigenvalue weighted by molar-refractivity contribution is 6.62. The summed E-state index contributed by atoms with van der Waals surface area (Å²) in [6.45, 7) is 23.9. The number of ether oxygens (including phenoxy) is 1. The van der Waals surface area contributed by atoms with Crippen molar-refractivity contribution in [3.8, 4) is 33.4 Å². The third-order valence-corrected chi connectivity index (χ3v) is 16.6. The molecule has 3 aliphatic rings. The second-order valence-electron chi connectivity index (χ2n) is 25.7. The Balaban J connectivity index is 0.000000173. The SMILES string of the molecule is CC(=O)Cl.CC(=O)N1CCN(c2ccc(NC(=O)Cc3ccc(-c4ccnc(C)c4)cc3)nc2)CC1.Cc1cc(-c2ccc(CC(=O)Nc3ccc(N4CCN(C(=O)OC(C)(C)C)CC4)cn3)cc2)ccn1.Cc1cc(-c2ccc(CC(=O)Nc3ccc(N4CCNCC4)cn3)cc2)ccn1. The predicted molar refractivity (Wildman–Crippen MR) is 399 cm³/mol. The van der Waals surface area contributed by atoms with Crippen molar-refractivity contribution in [2.24, 2.45) is 0 Å². The van der Waals surface area contributed by atoms with E-state index in [9.17, 15) is 28.8 Å². The van der Waals surface area contributed by atoms with Crippen molar-refractivity contribution in [2.45, 2.75) is 80.3 Å². The number of carbonyl (C=O) groups is 6. The van der Waals surface area contributed by atoms with Crippen LogP contribution in [-0.4, -0.2) is 159 Å². The van der Waals surface area contributed by atoms with Crippen LogP contribution in [0.25, 0.3) is 33.4 Å². The molecule has 0 aliphatic carbocycles. The fourth-order valence-corrected chi connectivity index (χ4v) is 11.4. The van der Waals surface area contributed by atoms with Gasteiger partial charge < -0.3 is 50.5 Å². The van der Waals surface area contributed by atoms with Crippen LogP contribution in [0.5, 0.6) is 0 Å². The van der Waals surface area contributed by atoms with Crippen molar-refractivity contribution in [3.05, 3.63) is 217 Å². The van der Waals surface area contributed by atoms with Crippen molar-refractivity contribution in [1.82, 2.24) is 45.0 Å². The third-order valence-electron chi connectivity index (χ3n) is 16.6. The molecule has 101 heavy (non-hydrogen) atoms. The molecule has 3 saturated heterocycles. The zero-order chi connectivity index (χ0) is 71.8. The zero-order valence-corrected chi connectivity index (χ0v) is 59.3. The first-order chi connectivity index (χ1) is 48.5. The molecule has 9 aromatic rings. The molecule has 0 spiro atoms. The molecule has 0 unspecified atom stereocenters. The zero-order valence-electron chi connectivity index (χ0n) is 58.6. The fourth-order valence-electron chi connectivity index (χ4n) is 11.4. The van der Waals surface area contributed by atoms with E-state index in [0.29, 0.717) is 63.1 Å². The summed E-state index contributed by atoms with van der Waals surface area (Å²) in [5.74, 6) is 1.45. The molecular formula is C78H88ClN15O7. The number of amides is 5. The van der Waals surface area contributed by atoms with Crippen LogP contribution in [0, 0.1) is 20.8 Å². The minimum absolute atomic E-state index is 0.0695. The Morgan fingerprint density at radius 2 is 0.723 bits per heavy atom. The maximum atomic E-state index is 12.5. The number of halogens is 1. The topological polar surface area (TPSA) is 253 Å². The number of nitrogens with zero attached hydrogens (tertiary/aromatic N) is 11. The van der Waals surface area contributed by atoms with E-state index in [1.807, 2.05) is 198 Å². The van der Waals surface area contributed by atoms with Crippen molar-refractivity contribution in [1.29, 1.82) is 0 Å². The molecule has 0 bridgehead atoms. The number of nitrogens with one attached hydrogen (secondary N) is 4. The smallest absolute Gasteiger partial charge is 0.410 e. The lowest BCUT2D eigenvalue weighted by Crippen LogP contribution is -2.50. The Kier molecular flexibility index (Phi) is 26.6. The van der Waals surface area contributed by atoms with Gasteiger partial charge >= 0.3 is 6.09 Å². The van der Waals surface area contributed by atoms with Crippen molar-refractivity contribution < 1.29 is 33.5 Å². The molecule has 0 radical (unpaired) electrons. The maximum Gasteiger partial charge on any atom is 0.410 e. The summed E-state index contributed by atoms with van der Waals surface area (Å²) < 4.78 is 5.46. The number of pyridine rings is 6. The van der Waals surface area contributed by atoms with Gasteiger partial charge in [0.25, 0.3) is 0 Å². The lowest BCUT2D eigenvalue weighted by molar-refractivity contribution is -0.129. The van der Waals surface area contributed by atoms with Crippen LogP contribution in [0.1, 0.15) is 68.4 Å². The Bertz CT molecular complexity index is 4210. The van der Waals surface area contributed by atoms with Gasteiger partial charge in [-0.3, -0.25) is 38.9 Å². The van der Waals surface area contributed by atoms with Crippen molar-refractivity contribution in [2.75, 3.05) is 109 Å². The molecule has 524 valence electrons. The molecule has 12 rings (SSSR count). The van der Waals surface area contributed by atoms with Crippen molar-refractivity contribution in [3.63, 3.8) is 0 Å². The van der Waals surface area contributed by atoms with Gasteiger partial charge in [-0.25, -0.2) is 19.7 Å². The average Bonchev–Trinajstić information content (AvgIpc) is 0.983. The average molecular weight is 1380 g/mol. The number of anilines is 6. The van der Waals surface area contributed by atoms with Gasteiger partial charge in [-0.05, 0) is 176 Å². The quantitative estimate of drug-likeness (QED) is 0.0696. The first-order valence-corrected chi connectivity index (χ1v) is 34.1. The molecular weight excluding hydrogens is 1290 g/mol. The van der Waals surface area contributed by atoms with Gasteiger partial charge in [0.15, 0.2) is 0 Å². The normalized spacial score (nSPS) is 13.5. The predicted octanol–water partition coefficient (Wildman–Crippen LogP) is 11.8. The number of rotatable bonds is 15. The monoisotopic (exact) mass is 1380 g/mol. The van der Waals surface area contributed by atoms with Gasteiger partial charge in [-0.1, -0.05) is 72.8 Å². The molecule has 3 aliphatic heterocycles. The molecule has 3 aromatic carbocycles. The van der Waals surface area contributed by atoms with Crippen LogP contribution in [0.3, 0.4) is 0 Å². The lowest BCUT2D eigenvalue weighted by Gasteiger charge is -2.36. The Hall–Kier alpha value is -11.0. The van der Waals surface area contributed by atoms with Crippen LogP contribution < -0.4 is 36.0 Å². The summed E-state index contributed by atoms with van der Waals surface area (Å²) in [7, 11) is 0. The highest BCUT2D eigenvalue weighted by Crippen LogP contribution is 2.26. The van der Waals surface area contributed by atoms with E-state index >= 15 is 0 Å². The van der Waals surface area contributed by atoms with E-state index in [1.165, 1.54) is 6.92 Å². The molecule has 0 saturated carbocycles. The summed E-state index contributed by atoms with van der Waals surface area (Å²) in [5.41, 5.74) is 15.0. The summed E-state index contributed by atoms with van der Waals surface area (Å²) in [6, 6.07) is 47.5. The maximum absolute atomic E-state index is 12.5. The number of hydrogen-bond acceptors (Lipinski definition) is 17. The Morgan fingerprint density at radius 1 is 0.416 bits per heavy atom. The van der Waals surface area contributed by atoms with Crippen LogP contribution >= 0.6 is 11.6 Å². The summed E-state index contributed by atoms with van der Waals surface area (Å²) >= 11 is 4.64. The van der Waals surface area contributed by atoms with Crippen LogP contribution in [-0.2, 0) is 48.0 Å². The van der Waals surface area contributed by atoms with Crippen molar-refractivity contribution >= 4 is 81.1 Å². The second kappa shape index (κ2) is 36.2. The number of aryl methyl sites for hydroxylation is 3. The van der Waals surface area contributed by atoms with E-state index in [1.54, 1.807) is 36.6 Å². The number of piperazine rings is 3. The van der Waals surface area contributed by atoms with Gasteiger partial charge in [0.1, 0.15) is 23.1 Å². The first kappa shape index (κ1) is 74.3. The van der Waals surface area contributed by atoms with E-state index in [2.05, 4.69) is 83.5 Å². The Labute approximate surface area is 596 Å². The van der Waals surface area contributed by atoms with Gasteiger partial charge in [0, 0.05) is 128 Å². The van der Waals surface area contributed by atoms with E-state index < -0.39 is 5.60 Å². The largest absolute Gasteiger partial charge is 0.444 e. The van der Waals surface area contributed by atoms with Crippen LogP contribution in [0.15, 0.2) is 183 Å². The van der Waals surface area contributed by atoms with E-state index in [-0.39, 0.29) is 47.8 Å². The van der Waals surface area contributed by atoms with Gasteiger partial charge in [-0.15, -0.1) is 0 Å². The van der Waals surface area contributed by atoms with E-state index in [0.717, 1.165) is 123 Å². The number of aromatic nitrogens is 6. The molecule has 4 N–H and O–H groups in total.